The molecule has 2 N–H and O–H groups in total. The number of nitrogens with zero attached hydrogens (tertiary/aromatic N) is 1. The van der Waals surface area contributed by atoms with Crippen LogP contribution in [0.4, 0.5) is 0 Å². The third-order valence-corrected chi connectivity index (χ3v) is 2.39. The largest absolute Gasteiger partial charge is 0.353 e. The highest BCUT2D eigenvalue weighted by Gasteiger charge is 2.08. The Labute approximate surface area is 100.0 Å². The second-order valence-corrected chi connectivity index (χ2v) is 3.81. The van der Waals surface area contributed by atoms with Crippen LogP contribution >= 0.6 is 0 Å². The highest BCUT2D eigenvalue weighted by Crippen LogP contribution is 2.02. The van der Waals surface area contributed by atoms with Crippen LogP contribution in [0.2, 0.25) is 0 Å². The molecule has 0 aliphatic rings. The van der Waals surface area contributed by atoms with Gasteiger partial charge < -0.3 is 10.3 Å². The molecule has 5 heteroatoms. The Kier molecular flexibility index (Phi) is 4.63. The minimum absolute atomic E-state index is 0.0933. The molecule has 0 saturated carbocycles. The van der Waals surface area contributed by atoms with Gasteiger partial charge in [-0.2, -0.15) is 0 Å². The molecule has 1 heterocycles. The van der Waals surface area contributed by atoms with Crippen LogP contribution in [0, 0.1) is 13.8 Å². The van der Waals surface area contributed by atoms with E-state index >= 15 is 0 Å². The van der Waals surface area contributed by atoms with Gasteiger partial charge in [-0.1, -0.05) is 6.08 Å². The lowest BCUT2D eigenvalue weighted by Crippen LogP contribution is -2.25. The van der Waals surface area contributed by atoms with Crippen molar-refractivity contribution in [3.63, 3.8) is 0 Å². The van der Waals surface area contributed by atoms with Crippen LogP contribution in [-0.4, -0.2) is 22.4 Å². The predicted octanol–water partition coefficient (Wildman–Crippen LogP) is 0.622. The Hall–Kier alpha value is -1.91. The molecule has 1 aromatic heterocycles. The molecule has 17 heavy (non-hydrogen) atoms. The zero-order valence-electron chi connectivity index (χ0n) is 10.2. The Morgan fingerprint density at radius 2 is 2.24 bits per heavy atom. The van der Waals surface area contributed by atoms with Gasteiger partial charge in [-0.3, -0.25) is 9.59 Å². The molecule has 0 atom stereocenters. The SMILES string of the molecule is C=CCNC(=O)CCc1c(C)nc(C)[nH]c1=O. The number of rotatable bonds is 5. The molecule has 0 radical (unpaired) electrons. The van der Waals surface area contributed by atoms with Crippen molar-refractivity contribution in [1.82, 2.24) is 15.3 Å². The van der Waals surface area contributed by atoms with Crippen molar-refractivity contribution in [3.8, 4) is 0 Å². The van der Waals surface area contributed by atoms with E-state index in [0.717, 1.165) is 0 Å². The molecule has 5 nitrogen and oxygen atoms in total. The summed E-state index contributed by atoms with van der Waals surface area (Å²) >= 11 is 0. The number of hydrogen-bond donors (Lipinski definition) is 2. The predicted molar refractivity (Wildman–Crippen MR) is 65.9 cm³/mol. The Bertz CT molecular complexity index is 477. The first-order valence-corrected chi connectivity index (χ1v) is 5.48. The molecule has 0 bridgehead atoms. The van der Waals surface area contributed by atoms with Crippen LogP contribution in [0.25, 0.3) is 0 Å². The maximum absolute atomic E-state index is 11.6. The van der Waals surface area contributed by atoms with Crippen LogP contribution in [0.15, 0.2) is 17.4 Å². The smallest absolute Gasteiger partial charge is 0.254 e. The average Bonchev–Trinajstić information content (AvgIpc) is 2.24. The zero-order valence-corrected chi connectivity index (χ0v) is 10.2. The monoisotopic (exact) mass is 235 g/mol. The quantitative estimate of drug-likeness (QED) is 0.735. The summed E-state index contributed by atoms with van der Waals surface area (Å²) in [7, 11) is 0. The van der Waals surface area contributed by atoms with E-state index in [1.165, 1.54) is 0 Å². The summed E-state index contributed by atoms with van der Waals surface area (Å²) in [5, 5.41) is 2.66. The van der Waals surface area contributed by atoms with Crippen molar-refractivity contribution in [3.05, 3.63) is 40.1 Å². The molecular formula is C12H17N3O2. The van der Waals surface area contributed by atoms with Gasteiger partial charge in [0.15, 0.2) is 0 Å². The second-order valence-electron chi connectivity index (χ2n) is 3.81. The van der Waals surface area contributed by atoms with Gasteiger partial charge in [0.25, 0.3) is 5.56 Å². The maximum Gasteiger partial charge on any atom is 0.254 e. The van der Waals surface area contributed by atoms with Crippen molar-refractivity contribution in [2.45, 2.75) is 26.7 Å². The molecule has 0 aliphatic carbocycles. The van der Waals surface area contributed by atoms with Gasteiger partial charge in [-0.15, -0.1) is 6.58 Å². The molecule has 0 fully saturated rings. The molecule has 1 amide bonds. The summed E-state index contributed by atoms with van der Waals surface area (Å²) in [6.45, 7) is 7.46. The third kappa shape index (κ3) is 3.86. The van der Waals surface area contributed by atoms with Crippen molar-refractivity contribution in [2.75, 3.05) is 6.54 Å². The topological polar surface area (TPSA) is 74.8 Å². The van der Waals surface area contributed by atoms with E-state index in [-0.39, 0.29) is 17.9 Å². The van der Waals surface area contributed by atoms with E-state index in [2.05, 4.69) is 21.9 Å². The minimum Gasteiger partial charge on any atom is -0.353 e. The zero-order chi connectivity index (χ0) is 12.8. The van der Waals surface area contributed by atoms with Crippen LogP contribution in [0.3, 0.4) is 0 Å². The van der Waals surface area contributed by atoms with Gasteiger partial charge >= 0.3 is 0 Å². The fourth-order valence-corrected chi connectivity index (χ4v) is 1.56. The first-order chi connectivity index (χ1) is 8.04. The number of aromatic amines is 1. The summed E-state index contributed by atoms with van der Waals surface area (Å²) in [5.74, 6) is 0.497. The number of carbonyl (C=O) groups is 1. The van der Waals surface area contributed by atoms with Gasteiger partial charge in [0, 0.05) is 24.2 Å². The van der Waals surface area contributed by atoms with Crippen molar-refractivity contribution < 1.29 is 4.79 Å². The molecular weight excluding hydrogens is 218 g/mol. The number of amides is 1. The average molecular weight is 235 g/mol. The van der Waals surface area contributed by atoms with Gasteiger partial charge in [0.2, 0.25) is 5.91 Å². The van der Waals surface area contributed by atoms with Crippen molar-refractivity contribution >= 4 is 5.91 Å². The molecule has 0 unspecified atom stereocenters. The number of carbonyl (C=O) groups excluding carboxylic acids is 1. The summed E-state index contributed by atoms with van der Waals surface area (Å²) in [5.41, 5.74) is 1.10. The summed E-state index contributed by atoms with van der Waals surface area (Å²) < 4.78 is 0. The molecule has 1 aromatic rings. The minimum atomic E-state index is -0.161. The van der Waals surface area contributed by atoms with Crippen LogP contribution in [0.1, 0.15) is 23.5 Å². The number of hydrogen-bond acceptors (Lipinski definition) is 3. The number of nitrogens with one attached hydrogen (secondary N) is 2. The third-order valence-electron chi connectivity index (χ3n) is 2.39. The van der Waals surface area contributed by atoms with Gasteiger partial charge in [0.1, 0.15) is 5.82 Å². The summed E-state index contributed by atoms with van der Waals surface area (Å²) in [6.07, 6.45) is 2.29. The first-order valence-electron chi connectivity index (χ1n) is 5.48. The molecule has 0 spiro atoms. The van der Waals surface area contributed by atoms with E-state index in [1.54, 1.807) is 19.9 Å². The molecule has 0 aliphatic heterocycles. The Balaban J connectivity index is 2.67. The lowest BCUT2D eigenvalue weighted by Gasteiger charge is -2.05. The molecule has 1 rings (SSSR count). The molecule has 92 valence electrons. The molecule has 0 aromatic carbocycles. The van der Waals surface area contributed by atoms with Crippen LogP contribution in [0.5, 0.6) is 0 Å². The fraction of sp³-hybridized carbons (Fsp3) is 0.417. The normalized spacial score (nSPS) is 10.0. The highest BCUT2D eigenvalue weighted by molar-refractivity contribution is 5.76. The van der Waals surface area contributed by atoms with Crippen molar-refractivity contribution in [2.24, 2.45) is 0 Å². The van der Waals surface area contributed by atoms with E-state index in [9.17, 15) is 9.59 Å². The number of aryl methyl sites for hydroxylation is 2. The Morgan fingerprint density at radius 3 is 2.82 bits per heavy atom. The maximum atomic E-state index is 11.6. The van der Waals surface area contributed by atoms with Crippen LogP contribution in [-0.2, 0) is 11.2 Å². The molecule has 0 saturated heterocycles. The van der Waals surface area contributed by atoms with Gasteiger partial charge in [0.05, 0.1) is 0 Å². The summed E-state index contributed by atoms with van der Waals surface area (Å²) in [6, 6.07) is 0. The van der Waals surface area contributed by atoms with Gasteiger partial charge in [-0.25, -0.2) is 4.98 Å². The van der Waals surface area contributed by atoms with E-state index in [1.807, 2.05) is 0 Å². The summed E-state index contributed by atoms with van der Waals surface area (Å²) in [4.78, 5) is 29.8. The Morgan fingerprint density at radius 1 is 1.53 bits per heavy atom. The van der Waals surface area contributed by atoms with Crippen LogP contribution < -0.4 is 10.9 Å². The number of H-pyrrole nitrogens is 1. The van der Waals surface area contributed by atoms with E-state index < -0.39 is 0 Å². The second kappa shape index (κ2) is 5.98. The lowest BCUT2D eigenvalue weighted by molar-refractivity contribution is -0.120. The van der Waals surface area contributed by atoms with Gasteiger partial charge in [-0.05, 0) is 20.3 Å². The fourth-order valence-electron chi connectivity index (χ4n) is 1.56. The lowest BCUT2D eigenvalue weighted by atomic mass is 10.1. The first kappa shape index (κ1) is 13.2. The number of aromatic nitrogens is 2. The van der Waals surface area contributed by atoms with E-state index in [0.29, 0.717) is 30.0 Å². The highest BCUT2D eigenvalue weighted by atomic mass is 16.1. The van der Waals surface area contributed by atoms with Crippen molar-refractivity contribution in [1.29, 1.82) is 0 Å². The van der Waals surface area contributed by atoms with E-state index in [4.69, 9.17) is 0 Å². The standard InChI is InChI=1S/C12H17N3O2/c1-4-7-13-11(16)6-5-10-8(2)14-9(3)15-12(10)17/h4H,1,5-7H2,2-3H3,(H,13,16)(H,14,15,17).